The Morgan fingerprint density at radius 1 is 0.895 bits per heavy atom. The van der Waals surface area contributed by atoms with Gasteiger partial charge in [-0.1, -0.05) is 0 Å². The van der Waals surface area contributed by atoms with E-state index in [2.05, 4.69) is 0 Å². The van der Waals surface area contributed by atoms with Gasteiger partial charge < -0.3 is 24.7 Å². The zero-order valence-corrected chi connectivity index (χ0v) is 10.5. The minimum absolute atomic E-state index is 0.114. The van der Waals surface area contributed by atoms with Crippen LogP contribution in [0.15, 0.2) is 12.1 Å². The highest BCUT2D eigenvalue weighted by Crippen LogP contribution is 2.72. The van der Waals surface area contributed by atoms with Crippen LogP contribution in [0.5, 0.6) is 0 Å². The normalized spacial score (nSPS) is 13.7. The van der Waals surface area contributed by atoms with Crippen molar-refractivity contribution < 1.29 is 47.0 Å². The van der Waals surface area contributed by atoms with E-state index in [-0.39, 0.29) is 12.1 Å². The lowest BCUT2D eigenvalue weighted by molar-refractivity contribution is 0.130. The van der Waals surface area contributed by atoms with Gasteiger partial charge in [0.05, 0.1) is 0 Å². The van der Waals surface area contributed by atoms with Crippen molar-refractivity contribution in [1.82, 2.24) is 0 Å². The number of aliphatic hydroxyl groups is 1. The maximum atomic E-state index is 12.9. The molecule has 0 radical (unpaired) electrons. The van der Waals surface area contributed by atoms with Crippen molar-refractivity contribution in [2.24, 2.45) is 0 Å². The highest BCUT2D eigenvalue weighted by atomic mass is 31.2. The van der Waals surface area contributed by atoms with E-state index in [1.807, 2.05) is 0 Å². The molecular formula is C7H7F3O7P2. The molecule has 0 heterocycles. The Kier molecular flexibility index (Phi) is 4.02. The van der Waals surface area contributed by atoms with Gasteiger partial charge in [-0.15, -0.1) is 0 Å². The summed E-state index contributed by atoms with van der Waals surface area (Å²) in [5.74, 6) is -5.98. The molecule has 0 fully saturated rings. The first-order valence-corrected chi connectivity index (χ1v) is 7.53. The predicted octanol–water partition coefficient (Wildman–Crippen LogP) is 0.562. The molecule has 0 aliphatic heterocycles. The van der Waals surface area contributed by atoms with Crippen molar-refractivity contribution in [2.75, 3.05) is 0 Å². The van der Waals surface area contributed by atoms with E-state index in [1.165, 1.54) is 0 Å². The molecule has 19 heavy (non-hydrogen) atoms. The molecular weight excluding hydrogens is 315 g/mol. The molecule has 0 aromatic heterocycles. The van der Waals surface area contributed by atoms with Crippen LogP contribution >= 0.6 is 15.2 Å². The molecule has 0 bridgehead atoms. The van der Waals surface area contributed by atoms with E-state index in [4.69, 9.17) is 19.6 Å². The summed E-state index contributed by atoms with van der Waals surface area (Å²) in [5, 5.41) is 5.34. The summed E-state index contributed by atoms with van der Waals surface area (Å²) in [6, 6.07) is -0.229. The zero-order valence-electron chi connectivity index (χ0n) is 8.74. The van der Waals surface area contributed by atoms with Crippen LogP contribution in [0.4, 0.5) is 13.2 Å². The quantitative estimate of drug-likeness (QED) is 0.405. The monoisotopic (exact) mass is 322 g/mol. The van der Waals surface area contributed by atoms with Gasteiger partial charge in [-0.2, -0.15) is 0 Å². The minimum atomic E-state index is -5.95. The first kappa shape index (κ1) is 16.3. The van der Waals surface area contributed by atoms with Gasteiger partial charge in [0.1, 0.15) is 0 Å². The maximum Gasteiger partial charge on any atom is 0.374 e. The first-order chi connectivity index (χ1) is 8.32. The summed E-state index contributed by atoms with van der Waals surface area (Å²) in [6.45, 7) is 0. The fourth-order valence-electron chi connectivity index (χ4n) is 1.26. The predicted molar refractivity (Wildman–Crippen MR) is 54.3 cm³/mol. The van der Waals surface area contributed by atoms with Crippen LogP contribution in [0.1, 0.15) is 5.56 Å². The Labute approximate surface area is 103 Å². The van der Waals surface area contributed by atoms with Crippen LogP contribution in [-0.4, -0.2) is 24.7 Å². The van der Waals surface area contributed by atoms with Gasteiger partial charge in [0, 0.05) is 5.56 Å². The van der Waals surface area contributed by atoms with Crippen molar-refractivity contribution in [3.63, 3.8) is 0 Å². The molecule has 0 saturated heterocycles. The highest BCUT2D eigenvalue weighted by molar-refractivity contribution is 7.71. The van der Waals surface area contributed by atoms with Crippen LogP contribution in [0, 0.1) is 17.5 Å². The van der Waals surface area contributed by atoms with Gasteiger partial charge in [0.15, 0.2) is 17.5 Å². The second-order valence-electron chi connectivity index (χ2n) is 3.48. The molecule has 0 aliphatic carbocycles. The van der Waals surface area contributed by atoms with E-state index >= 15 is 0 Å². The number of hydrogen-bond acceptors (Lipinski definition) is 3. The van der Waals surface area contributed by atoms with Gasteiger partial charge in [-0.3, -0.25) is 9.13 Å². The average Bonchev–Trinajstić information content (AvgIpc) is 2.20. The van der Waals surface area contributed by atoms with Crippen molar-refractivity contribution in [2.45, 2.75) is 5.08 Å². The summed E-state index contributed by atoms with van der Waals surface area (Å²) in [6.07, 6.45) is 0. The topological polar surface area (TPSA) is 135 Å². The Morgan fingerprint density at radius 2 is 1.21 bits per heavy atom. The van der Waals surface area contributed by atoms with Crippen molar-refractivity contribution in [1.29, 1.82) is 0 Å². The van der Waals surface area contributed by atoms with E-state index in [0.717, 1.165) is 0 Å². The van der Waals surface area contributed by atoms with E-state index in [1.54, 1.807) is 0 Å². The Bertz CT molecular complexity index is 562. The molecule has 0 saturated carbocycles. The van der Waals surface area contributed by atoms with E-state index < -0.39 is 43.3 Å². The standard InChI is InChI=1S/C7H7F3O7P2/c8-4-1-3(2-5(9)6(4)10)7(11,18(12,13)14)19(15,16)17/h1-2,11H,(H2,12,13,14)(H2,15,16,17). The molecule has 0 spiro atoms. The largest absolute Gasteiger partial charge is 0.374 e. The molecule has 0 atom stereocenters. The summed E-state index contributed by atoms with van der Waals surface area (Å²) < 4.78 is 60.5. The van der Waals surface area contributed by atoms with Gasteiger partial charge in [0.2, 0.25) is 0 Å². The number of rotatable bonds is 3. The maximum absolute atomic E-state index is 12.9. The van der Waals surface area contributed by atoms with Gasteiger partial charge >= 0.3 is 15.2 Å². The third kappa shape index (κ3) is 2.61. The lowest BCUT2D eigenvalue weighted by Crippen LogP contribution is -2.26. The summed E-state index contributed by atoms with van der Waals surface area (Å²) >= 11 is 0. The number of benzene rings is 1. The van der Waals surface area contributed by atoms with Crippen LogP contribution in [-0.2, 0) is 14.2 Å². The third-order valence-electron chi connectivity index (χ3n) is 2.18. The first-order valence-electron chi connectivity index (χ1n) is 4.31. The number of hydrogen-bond donors (Lipinski definition) is 5. The fraction of sp³-hybridized carbons (Fsp3) is 0.143. The lowest BCUT2D eigenvalue weighted by atomic mass is 10.2. The molecule has 0 unspecified atom stereocenters. The zero-order chi connectivity index (χ0) is 15.2. The van der Waals surface area contributed by atoms with Crippen LogP contribution in [0.25, 0.3) is 0 Å². The van der Waals surface area contributed by atoms with Gasteiger partial charge in [-0.25, -0.2) is 13.2 Å². The second kappa shape index (κ2) is 4.68. The molecule has 7 nitrogen and oxygen atoms in total. The third-order valence-corrected chi connectivity index (χ3v) is 5.89. The van der Waals surface area contributed by atoms with Crippen LogP contribution in [0.2, 0.25) is 0 Å². The molecule has 1 rings (SSSR count). The molecule has 108 valence electrons. The molecule has 0 amide bonds. The molecule has 1 aromatic rings. The Balaban J connectivity index is 3.72. The van der Waals surface area contributed by atoms with Crippen LogP contribution in [0.3, 0.4) is 0 Å². The molecule has 12 heteroatoms. The van der Waals surface area contributed by atoms with E-state index in [0.29, 0.717) is 0 Å². The number of halogens is 3. The second-order valence-corrected chi connectivity index (χ2v) is 7.30. The lowest BCUT2D eigenvalue weighted by Gasteiger charge is -2.29. The van der Waals surface area contributed by atoms with Crippen molar-refractivity contribution in [3.05, 3.63) is 35.1 Å². The van der Waals surface area contributed by atoms with Gasteiger partial charge in [-0.05, 0) is 12.1 Å². The molecule has 5 N–H and O–H groups in total. The SMILES string of the molecule is O=P(O)(O)C(O)(c1cc(F)c(F)c(F)c1)P(=O)(O)O. The summed E-state index contributed by atoms with van der Waals surface area (Å²) in [5.41, 5.74) is -1.48. The summed E-state index contributed by atoms with van der Waals surface area (Å²) in [4.78, 5) is 35.2. The minimum Gasteiger partial charge on any atom is -0.364 e. The average molecular weight is 322 g/mol. The van der Waals surface area contributed by atoms with Crippen molar-refractivity contribution >= 4 is 15.2 Å². The molecule has 0 aliphatic rings. The molecule has 1 aromatic carbocycles. The van der Waals surface area contributed by atoms with Crippen molar-refractivity contribution in [3.8, 4) is 0 Å². The van der Waals surface area contributed by atoms with Crippen LogP contribution < -0.4 is 0 Å². The highest BCUT2D eigenvalue weighted by Gasteiger charge is 2.61. The fourth-order valence-corrected chi connectivity index (χ4v) is 3.54. The Morgan fingerprint density at radius 3 is 1.47 bits per heavy atom. The van der Waals surface area contributed by atoms with Gasteiger partial charge in [0.25, 0.3) is 5.08 Å². The van der Waals surface area contributed by atoms with E-state index in [9.17, 15) is 27.4 Å². The summed E-state index contributed by atoms with van der Waals surface area (Å²) in [7, 11) is -11.9. The Hall–Kier alpha value is -0.730. The smallest absolute Gasteiger partial charge is 0.364 e.